The van der Waals surface area contributed by atoms with Gasteiger partial charge in [-0.05, 0) is 24.1 Å². The second-order valence-corrected chi connectivity index (χ2v) is 3.14. The minimum absolute atomic E-state index is 0.421. The van der Waals surface area contributed by atoms with Gasteiger partial charge in [0.25, 0.3) is 0 Å². The molecule has 0 radical (unpaired) electrons. The number of carbonyl (C=O) groups is 1. The summed E-state index contributed by atoms with van der Waals surface area (Å²) in [5, 5.41) is 9.41. The SMILES string of the molecule is C#C[C@H](O)c1ccc(C)c(C(=O)OC)c1. The van der Waals surface area contributed by atoms with E-state index in [1.807, 2.05) is 0 Å². The van der Waals surface area contributed by atoms with Crippen LogP contribution in [0.3, 0.4) is 0 Å². The Morgan fingerprint density at radius 2 is 2.27 bits per heavy atom. The molecule has 1 atom stereocenters. The third-order valence-electron chi connectivity index (χ3n) is 2.14. The first kappa shape index (κ1) is 11.3. The van der Waals surface area contributed by atoms with E-state index in [1.165, 1.54) is 7.11 Å². The Morgan fingerprint density at radius 3 is 2.80 bits per heavy atom. The second kappa shape index (κ2) is 4.63. The normalized spacial score (nSPS) is 11.6. The zero-order valence-electron chi connectivity index (χ0n) is 8.65. The molecule has 0 aliphatic rings. The predicted octanol–water partition coefficient (Wildman–Crippen LogP) is 1.45. The molecule has 0 saturated carbocycles. The van der Waals surface area contributed by atoms with Crippen LogP contribution >= 0.6 is 0 Å². The van der Waals surface area contributed by atoms with E-state index in [2.05, 4.69) is 10.7 Å². The number of aliphatic hydroxyl groups is 1. The van der Waals surface area contributed by atoms with Crippen molar-refractivity contribution >= 4 is 5.97 Å². The molecule has 3 heteroatoms. The first-order chi connectivity index (χ1) is 7.10. The molecule has 0 amide bonds. The number of carbonyl (C=O) groups excluding carboxylic acids is 1. The zero-order valence-corrected chi connectivity index (χ0v) is 8.65. The summed E-state index contributed by atoms with van der Waals surface area (Å²) < 4.78 is 4.61. The number of rotatable bonds is 2. The van der Waals surface area contributed by atoms with E-state index in [9.17, 15) is 9.90 Å². The molecule has 1 N–H and O–H groups in total. The number of aliphatic hydroxyl groups excluding tert-OH is 1. The lowest BCUT2D eigenvalue weighted by Gasteiger charge is -2.08. The Bertz CT molecular complexity index is 415. The topological polar surface area (TPSA) is 46.5 Å². The zero-order chi connectivity index (χ0) is 11.4. The number of aryl methyl sites for hydroxylation is 1. The lowest BCUT2D eigenvalue weighted by Crippen LogP contribution is -2.05. The summed E-state index contributed by atoms with van der Waals surface area (Å²) in [5.41, 5.74) is 1.72. The van der Waals surface area contributed by atoms with Crippen molar-refractivity contribution in [1.82, 2.24) is 0 Å². The van der Waals surface area contributed by atoms with Crippen LogP contribution in [-0.2, 0) is 4.74 Å². The molecular formula is C12H12O3. The number of methoxy groups -OCH3 is 1. The number of ether oxygens (including phenoxy) is 1. The molecule has 0 unspecified atom stereocenters. The molecule has 0 bridgehead atoms. The number of terminal acetylenes is 1. The van der Waals surface area contributed by atoms with Crippen molar-refractivity contribution in [3.05, 3.63) is 34.9 Å². The summed E-state index contributed by atoms with van der Waals surface area (Å²) >= 11 is 0. The molecule has 0 fully saturated rings. The van der Waals surface area contributed by atoms with E-state index < -0.39 is 12.1 Å². The minimum Gasteiger partial charge on any atom is -0.465 e. The molecule has 0 aromatic heterocycles. The monoisotopic (exact) mass is 204 g/mol. The average molecular weight is 204 g/mol. The molecule has 3 nitrogen and oxygen atoms in total. The summed E-state index contributed by atoms with van der Waals surface area (Å²) in [5.74, 6) is 1.76. The molecule has 0 saturated heterocycles. The Kier molecular flexibility index (Phi) is 3.48. The lowest BCUT2D eigenvalue weighted by molar-refractivity contribution is 0.0599. The van der Waals surface area contributed by atoms with Crippen LogP contribution in [0.25, 0.3) is 0 Å². The fourth-order valence-corrected chi connectivity index (χ4v) is 1.24. The Labute approximate surface area is 88.7 Å². The largest absolute Gasteiger partial charge is 0.465 e. The van der Waals surface area contributed by atoms with Crippen LogP contribution in [0.2, 0.25) is 0 Å². The maximum Gasteiger partial charge on any atom is 0.338 e. The van der Waals surface area contributed by atoms with Gasteiger partial charge in [-0.1, -0.05) is 18.1 Å². The Hall–Kier alpha value is -1.79. The van der Waals surface area contributed by atoms with Crippen molar-refractivity contribution in [2.75, 3.05) is 7.11 Å². The summed E-state index contributed by atoms with van der Waals surface area (Å²) in [6, 6.07) is 4.96. The van der Waals surface area contributed by atoms with E-state index >= 15 is 0 Å². The third kappa shape index (κ3) is 2.36. The summed E-state index contributed by atoms with van der Waals surface area (Å²) in [7, 11) is 1.31. The van der Waals surface area contributed by atoms with Gasteiger partial charge in [0.05, 0.1) is 12.7 Å². The van der Waals surface area contributed by atoms with E-state index in [-0.39, 0.29) is 0 Å². The van der Waals surface area contributed by atoms with Crippen LogP contribution in [0, 0.1) is 19.3 Å². The fourth-order valence-electron chi connectivity index (χ4n) is 1.24. The van der Waals surface area contributed by atoms with Crippen LogP contribution in [-0.4, -0.2) is 18.2 Å². The summed E-state index contributed by atoms with van der Waals surface area (Å²) in [6.45, 7) is 1.79. The van der Waals surface area contributed by atoms with Crippen molar-refractivity contribution in [3.8, 4) is 12.3 Å². The maximum absolute atomic E-state index is 11.3. The van der Waals surface area contributed by atoms with E-state index in [0.717, 1.165) is 5.56 Å². The Balaban J connectivity index is 3.18. The first-order valence-electron chi connectivity index (χ1n) is 4.43. The summed E-state index contributed by atoms with van der Waals surface area (Å²) in [4.78, 5) is 11.3. The maximum atomic E-state index is 11.3. The van der Waals surface area contributed by atoms with Gasteiger partial charge >= 0.3 is 5.97 Å². The Morgan fingerprint density at radius 1 is 1.60 bits per heavy atom. The van der Waals surface area contributed by atoms with E-state index in [0.29, 0.717) is 11.1 Å². The van der Waals surface area contributed by atoms with Gasteiger partial charge in [-0.25, -0.2) is 4.79 Å². The van der Waals surface area contributed by atoms with Crippen molar-refractivity contribution in [1.29, 1.82) is 0 Å². The molecule has 1 rings (SSSR count). The van der Waals surface area contributed by atoms with E-state index in [4.69, 9.17) is 6.42 Å². The smallest absolute Gasteiger partial charge is 0.338 e. The number of esters is 1. The standard InChI is InChI=1S/C12H12O3/c1-4-11(13)9-6-5-8(2)10(7-9)12(14)15-3/h1,5-7,11,13H,2-3H3/t11-/m0/s1. The van der Waals surface area contributed by atoms with Crippen molar-refractivity contribution in [3.63, 3.8) is 0 Å². The van der Waals surface area contributed by atoms with Gasteiger partial charge in [0.1, 0.15) is 6.10 Å². The minimum atomic E-state index is -0.992. The van der Waals surface area contributed by atoms with Crippen molar-refractivity contribution in [2.45, 2.75) is 13.0 Å². The highest BCUT2D eigenvalue weighted by Gasteiger charge is 2.12. The molecule has 0 aliphatic carbocycles. The van der Waals surface area contributed by atoms with Crippen molar-refractivity contribution < 1.29 is 14.6 Å². The first-order valence-corrected chi connectivity index (χ1v) is 4.43. The van der Waals surface area contributed by atoms with Gasteiger partial charge in [-0.15, -0.1) is 6.42 Å². The molecular weight excluding hydrogens is 192 g/mol. The van der Waals surface area contributed by atoms with Crippen molar-refractivity contribution in [2.24, 2.45) is 0 Å². The quantitative estimate of drug-likeness (QED) is 0.585. The van der Waals surface area contributed by atoms with E-state index in [1.54, 1.807) is 25.1 Å². The highest BCUT2D eigenvalue weighted by molar-refractivity contribution is 5.91. The fraction of sp³-hybridized carbons (Fsp3) is 0.250. The average Bonchev–Trinajstić information content (AvgIpc) is 2.27. The highest BCUT2D eigenvalue weighted by Crippen LogP contribution is 2.17. The van der Waals surface area contributed by atoms with Gasteiger partial charge in [0, 0.05) is 0 Å². The summed E-state index contributed by atoms with van der Waals surface area (Å²) in [6.07, 6.45) is 4.09. The van der Waals surface area contributed by atoms with Gasteiger partial charge in [0.2, 0.25) is 0 Å². The molecule has 1 aromatic rings. The molecule has 78 valence electrons. The van der Waals surface area contributed by atoms with Crippen LogP contribution < -0.4 is 0 Å². The van der Waals surface area contributed by atoms with Crippen LogP contribution in [0.4, 0.5) is 0 Å². The molecule has 15 heavy (non-hydrogen) atoms. The molecule has 0 spiro atoms. The molecule has 0 heterocycles. The van der Waals surface area contributed by atoms with Crippen LogP contribution in [0.15, 0.2) is 18.2 Å². The van der Waals surface area contributed by atoms with Gasteiger partial charge < -0.3 is 9.84 Å². The number of hydrogen-bond acceptors (Lipinski definition) is 3. The second-order valence-electron chi connectivity index (χ2n) is 3.14. The highest BCUT2D eigenvalue weighted by atomic mass is 16.5. The third-order valence-corrected chi connectivity index (χ3v) is 2.14. The van der Waals surface area contributed by atoms with Gasteiger partial charge in [0.15, 0.2) is 0 Å². The van der Waals surface area contributed by atoms with Gasteiger partial charge in [-0.2, -0.15) is 0 Å². The van der Waals surface area contributed by atoms with Gasteiger partial charge in [-0.3, -0.25) is 0 Å². The number of hydrogen-bond donors (Lipinski definition) is 1. The molecule has 1 aromatic carbocycles. The van der Waals surface area contributed by atoms with Crippen LogP contribution in [0.1, 0.15) is 27.6 Å². The number of benzene rings is 1. The molecule has 0 aliphatic heterocycles. The predicted molar refractivity (Wildman–Crippen MR) is 56.3 cm³/mol. The van der Waals surface area contributed by atoms with Crippen LogP contribution in [0.5, 0.6) is 0 Å². The lowest BCUT2D eigenvalue weighted by atomic mass is 10.0.